The van der Waals surface area contributed by atoms with Crippen LogP contribution in [0.15, 0.2) is 61.2 Å². The summed E-state index contributed by atoms with van der Waals surface area (Å²) in [7, 11) is 1.76. The summed E-state index contributed by atoms with van der Waals surface area (Å²) < 4.78 is 7.76. The molecule has 3 aromatic rings. The maximum absolute atomic E-state index is 14.5. The molecule has 1 spiro atoms. The zero-order valence-corrected chi connectivity index (χ0v) is 22.0. The normalized spacial score (nSPS) is 22.8. The minimum Gasteiger partial charge on any atom is -0.494 e. The topological polar surface area (TPSA) is 101 Å². The van der Waals surface area contributed by atoms with Crippen molar-refractivity contribution in [1.29, 1.82) is 0 Å². The summed E-state index contributed by atoms with van der Waals surface area (Å²) in [5, 5.41) is 4.13. The molecule has 2 atom stereocenters. The van der Waals surface area contributed by atoms with Crippen LogP contribution in [0.25, 0.3) is 0 Å². The molecule has 39 heavy (non-hydrogen) atoms. The van der Waals surface area contributed by atoms with Gasteiger partial charge in [0.2, 0.25) is 17.7 Å². The molecule has 2 aromatic carbocycles. The highest BCUT2D eigenvalue weighted by molar-refractivity contribution is 6.12. The Morgan fingerprint density at radius 2 is 2.00 bits per heavy atom. The molecule has 4 heterocycles. The first-order valence-corrected chi connectivity index (χ1v) is 13.5. The molecule has 3 aliphatic rings. The van der Waals surface area contributed by atoms with Crippen LogP contribution in [0, 0.1) is 0 Å². The Kier molecular flexibility index (Phi) is 6.54. The summed E-state index contributed by atoms with van der Waals surface area (Å²) >= 11 is 0. The van der Waals surface area contributed by atoms with E-state index in [1.807, 2.05) is 53.4 Å². The van der Waals surface area contributed by atoms with E-state index in [2.05, 4.69) is 10.1 Å². The molecule has 1 saturated heterocycles. The van der Waals surface area contributed by atoms with Crippen molar-refractivity contribution in [2.75, 3.05) is 38.2 Å². The second-order valence-electron chi connectivity index (χ2n) is 10.5. The van der Waals surface area contributed by atoms with Crippen molar-refractivity contribution in [3.63, 3.8) is 0 Å². The van der Waals surface area contributed by atoms with Gasteiger partial charge in [0.05, 0.1) is 12.6 Å². The van der Waals surface area contributed by atoms with Crippen LogP contribution in [-0.2, 0) is 26.3 Å². The van der Waals surface area contributed by atoms with E-state index in [0.29, 0.717) is 57.7 Å². The Bertz CT molecular complexity index is 1390. The Morgan fingerprint density at radius 3 is 2.85 bits per heavy atom. The molecule has 3 aliphatic heterocycles. The Balaban J connectivity index is 1.42. The molecule has 10 nitrogen and oxygen atoms in total. The predicted octanol–water partition coefficient (Wildman–Crippen LogP) is 2.56. The lowest BCUT2D eigenvalue weighted by Gasteiger charge is -2.35. The number of rotatable bonds is 4. The van der Waals surface area contributed by atoms with Crippen LogP contribution in [-0.4, -0.2) is 75.6 Å². The van der Waals surface area contributed by atoms with Gasteiger partial charge in [0.1, 0.15) is 30.4 Å². The van der Waals surface area contributed by atoms with Crippen molar-refractivity contribution in [1.82, 2.24) is 24.6 Å². The number of hydrogen-bond donors (Lipinski definition) is 0. The van der Waals surface area contributed by atoms with E-state index < -0.39 is 11.5 Å². The number of hydrogen-bond acceptors (Lipinski definition) is 6. The summed E-state index contributed by atoms with van der Waals surface area (Å²) in [6, 6.07) is 15.0. The molecular weight excluding hydrogens is 496 g/mol. The van der Waals surface area contributed by atoms with Crippen molar-refractivity contribution in [2.24, 2.45) is 0 Å². The highest BCUT2D eigenvalue weighted by atomic mass is 16.5. The number of fused-ring (bicyclic) bond motifs is 6. The van der Waals surface area contributed by atoms with Gasteiger partial charge in [-0.1, -0.05) is 30.3 Å². The highest BCUT2D eigenvalue weighted by Gasteiger charge is 2.61. The molecular formula is C29H32N6O4. The van der Waals surface area contributed by atoms with E-state index in [9.17, 15) is 14.4 Å². The number of nitrogens with zero attached hydrogens (tertiary/aromatic N) is 6. The summed E-state index contributed by atoms with van der Waals surface area (Å²) in [4.78, 5) is 50.5. The van der Waals surface area contributed by atoms with Crippen LogP contribution in [0.2, 0.25) is 0 Å². The largest absolute Gasteiger partial charge is 0.494 e. The van der Waals surface area contributed by atoms with Gasteiger partial charge in [-0.05, 0) is 48.6 Å². The molecule has 1 aromatic heterocycles. The molecule has 10 heteroatoms. The maximum atomic E-state index is 14.5. The molecule has 6 rings (SSSR count). The number of amides is 3. The number of aryl methyl sites for hydroxylation is 1. The van der Waals surface area contributed by atoms with Gasteiger partial charge in [0, 0.05) is 38.8 Å². The number of likely N-dealkylation sites (N-methyl/N-ethyl adjacent to an activating group) is 1. The van der Waals surface area contributed by atoms with E-state index in [-0.39, 0.29) is 24.3 Å². The van der Waals surface area contributed by atoms with Crippen LogP contribution in [0.3, 0.4) is 0 Å². The van der Waals surface area contributed by atoms with E-state index in [1.165, 1.54) is 6.33 Å². The molecule has 1 fully saturated rings. The lowest BCUT2D eigenvalue weighted by Crippen LogP contribution is -2.48. The van der Waals surface area contributed by atoms with Gasteiger partial charge in [-0.15, -0.1) is 0 Å². The number of para-hydroxylation sites is 1. The van der Waals surface area contributed by atoms with Gasteiger partial charge in [-0.2, -0.15) is 5.10 Å². The number of carbonyl (C=O) groups is 3. The lowest BCUT2D eigenvalue weighted by atomic mass is 9.72. The van der Waals surface area contributed by atoms with Gasteiger partial charge >= 0.3 is 0 Å². The average molecular weight is 529 g/mol. The first kappa shape index (κ1) is 25.1. The third-order valence-electron chi connectivity index (χ3n) is 8.19. The molecule has 0 N–H and O–H groups in total. The first-order chi connectivity index (χ1) is 19.0. The van der Waals surface area contributed by atoms with Gasteiger partial charge in [0.25, 0.3) is 0 Å². The minimum atomic E-state index is -0.986. The average Bonchev–Trinajstić information content (AvgIpc) is 3.66. The zero-order valence-electron chi connectivity index (χ0n) is 22.0. The second kappa shape index (κ2) is 10.2. The fraction of sp³-hybridized carbons (Fsp3) is 0.414. The van der Waals surface area contributed by atoms with E-state index in [0.717, 1.165) is 16.8 Å². The van der Waals surface area contributed by atoms with Crippen molar-refractivity contribution in [3.8, 4) is 5.75 Å². The first-order valence-electron chi connectivity index (χ1n) is 13.5. The number of anilines is 1. The van der Waals surface area contributed by atoms with Crippen LogP contribution < -0.4 is 9.64 Å². The Hall–Kier alpha value is -4.21. The molecule has 3 amide bonds. The monoisotopic (exact) mass is 528 g/mol. The van der Waals surface area contributed by atoms with Crippen LogP contribution in [0.4, 0.5) is 5.69 Å². The smallest absolute Gasteiger partial charge is 0.242 e. The van der Waals surface area contributed by atoms with Gasteiger partial charge in [-0.25, -0.2) is 4.98 Å². The second-order valence-corrected chi connectivity index (χ2v) is 10.5. The SMILES string of the molecule is CN1CCCOc2cccc(c2)[C@@H]2N(C(=O)CCCn3cncn3)CC[C@]23C(=O)N(CC1=O)c1ccccc13. The Labute approximate surface area is 227 Å². The quantitative estimate of drug-likeness (QED) is 0.516. The molecule has 0 unspecified atom stereocenters. The third kappa shape index (κ3) is 4.33. The van der Waals surface area contributed by atoms with E-state index in [4.69, 9.17) is 4.74 Å². The summed E-state index contributed by atoms with van der Waals surface area (Å²) in [6.07, 6.45) is 5.20. The number of ether oxygens (including phenoxy) is 1. The Morgan fingerprint density at radius 1 is 1.13 bits per heavy atom. The fourth-order valence-corrected chi connectivity index (χ4v) is 6.31. The number of likely N-dealkylation sites (tertiary alicyclic amines) is 1. The number of aromatic nitrogens is 3. The molecule has 0 saturated carbocycles. The standard InChI is InChI=1S/C29H32N6O4/c1-32-13-6-16-39-22-8-4-7-21(17-22)27-29(12-15-34(27)25(36)11-5-14-33-20-30-19-31-33)23-9-2-3-10-24(23)35(28(29)38)18-26(32)37/h2-4,7-10,17,19-20,27H,5-6,11-16,18H2,1H3/t27-,29+/m0/s1. The van der Waals surface area contributed by atoms with Crippen molar-refractivity contribution in [2.45, 2.75) is 43.7 Å². The maximum Gasteiger partial charge on any atom is 0.242 e. The summed E-state index contributed by atoms with van der Waals surface area (Å²) in [5.41, 5.74) is 1.49. The number of benzene rings is 2. The van der Waals surface area contributed by atoms with E-state index in [1.54, 1.807) is 27.9 Å². The van der Waals surface area contributed by atoms with Crippen LogP contribution >= 0.6 is 0 Å². The van der Waals surface area contributed by atoms with Crippen molar-refractivity contribution < 1.29 is 19.1 Å². The highest BCUT2D eigenvalue weighted by Crippen LogP contribution is 2.57. The molecule has 4 bridgehead atoms. The number of carbonyl (C=O) groups excluding carboxylic acids is 3. The predicted molar refractivity (Wildman–Crippen MR) is 143 cm³/mol. The summed E-state index contributed by atoms with van der Waals surface area (Å²) in [5.74, 6) is 0.428. The molecule has 0 radical (unpaired) electrons. The van der Waals surface area contributed by atoms with Gasteiger partial charge in [0.15, 0.2) is 0 Å². The molecule has 202 valence electrons. The third-order valence-corrected chi connectivity index (χ3v) is 8.19. The summed E-state index contributed by atoms with van der Waals surface area (Å²) in [6.45, 7) is 1.99. The minimum absolute atomic E-state index is 0.0102. The lowest BCUT2D eigenvalue weighted by molar-refractivity contribution is -0.135. The van der Waals surface area contributed by atoms with Gasteiger partial charge < -0.3 is 19.4 Å². The van der Waals surface area contributed by atoms with Crippen LogP contribution in [0.1, 0.15) is 42.9 Å². The van der Waals surface area contributed by atoms with Crippen LogP contribution in [0.5, 0.6) is 5.75 Å². The van der Waals surface area contributed by atoms with Crippen molar-refractivity contribution in [3.05, 3.63) is 72.3 Å². The fourth-order valence-electron chi connectivity index (χ4n) is 6.31. The van der Waals surface area contributed by atoms with Gasteiger partial charge in [-0.3, -0.25) is 19.1 Å². The van der Waals surface area contributed by atoms with E-state index >= 15 is 0 Å². The van der Waals surface area contributed by atoms with Crippen molar-refractivity contribution >= 4 is 23.4 Å². The molecule has 0 aliphatic carbocycles. The zero-order chi connectivity index (χ0) is 27.0.